The van der Waals surface area contributed by atoms with Crippen LogP contribution in [-0.4, -0.2) is 5.54 Å². The molecular formula is C19H20N2. The van der Waals surface area contributed by atoms with Gasteiger partial charge in [-0.05, 0) is 18.1 Å². The highest BCUT2D eigenvalue weighted by Crippen LogP contribution is 2.75. The van der Waals surface area contributed by atoms with E-state index < -0.39 is 0 Å². The molecule has 1 fully saturated rings. The predicted octanol–water partition coefficient (Wildman–Crippen LogP) is 4.81. The molecule has 1 heterocycles. The number of hydrogen-bond donors (Lipinski definition) is 0. The van der Waals surface area contributed by atoms with Crippen LogP contribution < -0.4 is 0 Å². The normalized spacial score (nSPS) is 30.9. The first kappa shape index (κ1) is 12.8. The number of nitrogens with zero attached hydrogens (tertiary/aromatic N) is 2. The van der Waals surface area contributed by atoms with Crippen molar-refractivity contribution in [2.45, 2.75) is 31.8 Å². The summed E-state index contributed by atoms with van der Waals surface area (Å²) in [4.78, 5) is 0. The molecule has 0 amide bonds. The molecule has 0 saturated heterocycles. The van der Waals surface area contributed by atoms with Crippen molar-refractivity contribution in [2.24, 2.45) is 21.6 Å². The molecule has 2 aromatic rings. The Balaban J connectivity index is 1.97. The third-order valence-corrected chi connectivity index (χ3v) is 5.77. The van der Waals surface area contributed by atoms with Crippen LogP contribution in [-0.2, 0) is 5.54 Å². The summed E-state index contributed by atoms with van der Waals surface area (Å²) in [6.45, 7) is 6.88. The van der Waals surface area contributed by atoms with Gasteiger partial charge in [-0.15, -0.1) is 0 Å². The van der Waals surface area contributed by atoms with Crippen LogP contribution >= 0.6 is 0 Å². The molecule has 2 atom stereocenters. The highest BCUT2D eigenvalue weighted by Gasteiger charge is 2.80. The Kier molecular flexibility index (Phi) is 2.32. The lowest BCUT2D eigenvalue weighted by atomic mass is 9.77. The van der Waals surface area contributed by atoms with Gasteiger partial charge in [0.05, 0.1) is 5.54 Å². The Labute approximate surface area is 125 Å². The van der Waals surface area contributed by atoms with E-state index in [2.05, 4.69) is 81.4 Å². The first-order valence-electron chi connectivity index (χ1n) is 7.58. The highest BCUT2D eigenvalue weighted by atomic mass is 15.3. The topological polar surface area (TPSA) is 24.7 Å². The molecule has 0 aromatic heterocycles. The van der Waals surface area contributed by atoms with Gasteiger partial charge in [0.15, 0.2) is 0 Å². The van der Waals surface area contributed by atoms with Crippen LogP contribution in [0.2, 0.25) is 0 Å². The summed E-state index contributed by atoms with van der Waals surface area (Å²) in [6.07, 6.45) is 0. The minimum absolute atomic E-state index is 0.0430. The maximum absolute atomic E-state index is 4.83. The molecule has 0 spiro atoms. The fraction of sp³-hybridized carbons (Fsp3) is 0.368. The lowest BCUT2D eigenvalue weighted by Gasteiger charge is -2.30. The zero-order valence-electron chi connectivity index (χ0n) is 12.7. The van der Waals surface area contributed by atoms with Gasteiger partial charge in [0.2, 0.25) is 0 Å². The van der Waals surface area contributed by atoms with Gasteiger partial charge >= 0.3 is 0 Å². The van der Waals surface area contributed by atoms with E-state index in [0.29, 0.717) is 5.92 Å². The molecule has 0 N–H and O–H groups in total. The van der Waals surface area contributed by atoms with Crippen molar-refractivity contribution < 1.29 is 0 Å². The van der Waals surface area contributed by atoms with Crippen molar-refractivity contribution in [3.05, 3.63) is 71.8 Å². The largest absolute Gasteiger partial charge is 0.185 e. The van der Waals surface area contributed by atoms with Crippen molar-refractivity contribution in [2.75, 3.05) is 0 Å². The summed E-state index contributed by atoms with van der Waals surface area (Å²) in [6, 6.07) is 21.3. The molecular weight excluding hydrogens is 256 g/mol. The minimum atomic E-state index is -0.333. The summed E-state index contributed by atoms with van der Waals surface area (Å²) in [7, 11) is 0. The quantitative estimate of drug-likeness (QED) is 0.752. The zero-order valence-corrected chi connectivity index (χ0v) is 12.7. The van der Waals surface area contributed by atoms with Crippen molar-refractivity contribution in [1.29, 1.82) is 0 Å². The SMILES string of the molecule is CC1(C)[C@@H]2C(c3ccccc3)(c3ccccc3)N=N[C@]21C. The van der Waals surface area contributed by atoms with Crippen molar-refractivity contribution in [3.63, 3.8) is 0 Å². The lowest BCUT2D eigenvalue weighted by Crippen LogP contribution is -2.29. The first-order valence-corrected chi connectivity index (χ1v) is 7.58. The number of azo groups is 1. The number of benzene rings is 2. The third-order valence-electron chi connectivity index (χ3n) is 5.77. The number of hydrogen-bond acceptors (Lipinski definition) is 2. The second kappa shape index (κ2) is 3.82. The maximum atomic E-state index is 4.83. The number of fused-ring (bicyclic) bond motifs is 1. The van der Waals surface area contributed by atoms with Crippen LogP contribution in [0.15, 0.2) is 70.9 Å². The molecule has 2 aliphatic rings. The van der Waals surface area contributed by atoms with Crippen LogP contribution in [0.3, 0.4) is 0 Å². The number of rotatable bonds is 2. The molecule has 0 unspecified atom stereocenters. The predicted molar refractivity (Wildman–Crippen MR) is 84.2 cm³/mol. The molecule has 1 aliphatic carbocycles. The first-order chi connectivity index (χ1) is 10.0. The van der Waals surface area contributed by atoms with E-state index in [4.69, 9.17) is 10.2 Å². The molecule has 0 radical (unpaired) electrons. The van der Waals surface area contributed by atoms with E-state index in [-0.39, 0.29) is 16.5 Å². The molecule has 1 saturated carbocycles. The smallest absolute Gasteiger partial charge is 0.137 e. The zero-order chi connectivity index (χ0) is 14.7. The van der Waals surface area contributed by atoms with Crippen molar-refractivity contribution in [1.82, 2.24) is 0 Å². The van der Waals surface area contributed by atoms with Crippen LogP contribution in [0.25, 0.3) is 0 Å². The minimum Gasteiger partial charge on any atom is -0.185 e. The van der Waals surface area contributed by atoms with E-state index >= 15 is 0 Å². The Hall–Kier alpha value is -1.96. The van der Waals surface area contributed by atoms with E-state index in [1.807, 2.05) is 0 Å². The fourth-order valence-electron chi connectivity index (χ4n) is 4.31. The molecule has 0 bridgehead atoms. The van der Waals surface area contributed by atoms with Gasteiger partial charge in [-0.25, -0.2) is 0 Å². The van der Waals surface area contributed by atoms with Crippen molar-refractivity contribution >= 4 is 0 Å². The summed E-state index contributed by atoms with van der Waals surface area (Å²) < 4.78 is 0. The lowest BCUT2D eigenvalue weighted by molar-refractivity contribution is 0.379. The molecule has 106 valence electrons. The second-order valence-corrected chi connectivity index (χ2v) is 7.00. The summed E-state index contributed by atoms with van der Waals surface area (Å²) in [5.41, 5.74) is 2.30. The monoisotopic (exact) mass is 276 g/mol. The van der Waals surface area contributed by atoms with Gasteiger partial charge < -0.3 is 0 Å². The van der Waals surface area contributed by atoms with E-state index in [9.17, 15) is 0 Å². The van der Waals surface area contributed by atoms with Crippen molar-refractivity contribution in [3.8, 4) is 0 Å². The van der Waals surface area contributed by atoms with Gasteiger partial charge in [0.25, 0.3) is 0 Å². The van der Waals surface area contributed by atoms with E-state index in [1.165, 1.54) is 11.1 Å². The summed E-state index contributed by atoms with van der Waals surface area (Å²) >= 11 is 0. The molecule has 2 heteroatoms. The van der Waals surface area contributed by atoms with E-state index in [1.54, 1.807) is 0 Å². The third kappa shape index (κ3) is 1.38. The molecule has 2 aromatic carbocycles. The molecule has 4 rings (SSSR count). The van der Waals surface area contributed by atoms with Crippen LogP contribution in [0.1, 0.15) is 31.9 Å². The maximum Gasteiger partial charge on any atom is 0.137 e. The van der Waals surface area contributed by atoms with Crippen LogP contribution in [0, 0.1) is 11.3 Å². The van der Waals surface area contributed by atoms with Crippen LogP contribution in [0.4, 0.5) is 0 Å². The standard InChI is InChI=1S/C19H20N2/c1-17(2)16-18(17,3)20-21-19(16,14-10-6-4-7-11-14)15-12-8-5-9-13-15/h4-13,16H,1-3H3/t16-,18+/m0/s1. The second-order valence-electron chi connectivity index (χ2n) is 7.00. The Bertz CT molecular complexity index is 663. The average molecular weight is 276 g/mol. The highest BCUT2D eigenvalue weighted by molar-refractivity contribution is 5.48. The van der Waals surface area contributed by atoms with E-state index in [0.717, 1.165) is 0 Å². The Morgan fingerprint density at radius 2 is 1.19 bits per heavy atom. The molecule has 21 heavy (non-hydrogen) atoms. The Morgan fingerprint density at radius 3 is 1.57 bits per heavy atom. The molecule has 1 aliphatic heterocycles. The molecule has 2 nitrogen and oxygen atoms in total. The summed E-state index contributed by atoms with van der Waals surface area (Å²) in [5.74, 6) is 0.419. The Morgan fingerprint density at radius 1 is 0.714 bits per heavy atom. The average Bonchev–Trinajstić information content (AvgIpc) is 2.82. The summed E-state index contributed by atoms with van der Waals surface area (Å²) in [5, 5.41) is 9.56. The van der Waals surface area contributed by atoms with Gasteiger partial charge in [-0.3, -0.25) is 0 Å². The van der Waals surface area contributed by atoms with Gasteiger partial charge in [-0.1, -0.05) is 74.5 Å². The van der Waals surface area contributed by atoms with Gasteiger partial charge in [0, 0.05) is 11.3 Å². The van der Waals surface area contributed by atoms with Gasteiger partial charge in [-0.2, -0.15) is 10.2 Å². The van der Waals surface area contributed by atoms with Gasteiger partial charge in [0.1, 0.15) is 5.54 Å². The van der Waals surface area contributed by atoms with Crippen LogP contribution in [0.5, 0.6) is 0 Å². The fourth-order valence-corrected chi connectivity index (χ4v) is 4.31.